The SMILES string of the molecule is CCOP(=O)(CCCN(CCO)CCO)OCC. The van der Waals surface area contributed by atoms with Crippen molar-refractivity contribution >= 4 is 7.60 Å². The van der Waals surface area contributed by atoms with Crippen molar-refractivity contribution in [3.8, 4) is 0 Å². The number of hydrogen-bond donors (Lipinski definition) is 2. The highest BCUT2D eigenvalue weighted by Gasteiger charge is 2.22. The molecule has 0 fully saturated rings. The fourth-order valence-corrected chi connectivity index (χ4v) is 3.31. The summed E-state index contributed by atoms with van der Waals surface area (Å²) >= 11 is 0. The Morgan fingerprint density at radius 2 is 1.50 bits per heavy atom. The Morgan fingerprint density at radius 1 is 1.00 bits per heavy atom. The zero-order valence-electron chi connectivity index (χ0n) is 11.4. The van der Waals surface area contributed by atoms with Gasteiger partial charge in [0.1, 0.15) is 0 Å². The summed E-state index contributed by atoms with van der Waals surface area (Å²) in [6.07, 6.45) is 1.01. The molecule has 0 saturated heterocycles. The van der Waals surface area contributed by atoms with Crippen molar-refractivity contribution in [2.24, 2.45) is 0 Å². The molecular weight excluding hydrogens is 257 g/mol. The minimum Gasteiger partial charge on any atom is -0.395 e. The normalized spacial score (nSPS) is 12.3. The largest absolute Gasteiger partial charge is 0.395 e. The first-order valence-corrected chi connectivity index (χ1v) is 8.16. The van der Waals surface area contributed by atoms with Gasteiger partial charge in [0, 0.05) is 13.1 Å². The topological polar surface area (TPSA) is 79.2 Å². The van der Waals surface area contributed by atoms with Crippen LogP contribution < -0.4 is 0 Å². The van der Waals surface area contributed by atoms with Crippen LogP contribution in [0.1, 0.15) is 20.3 Å². The molecule has 0 aliphatic carbocycles. The van der Waals surface area contributed by atoms with Gasteiger partial charge in [-0.3, -0.25) is 9.46 Å². The van der Waals surface area contributed by atoms with Gasteiger partial charge < -0.3 is 19.3 Å². The zero-order chi connectivity index (χ0) is 13.9. The first-order valence-electron chi connectivity index (χ1n) is 6.44. The van der Waals surface area contributed by atoms with E-state index in [0.717, 1.165) is 0 Å². The monoisotopic (exact) mass is 283 g/mol. The van der Waals surface area contributed by atoms with Crippen molar-refractivity contribution in [1.29, 1.82) is 0 Å². The third kappa shape index (κ3) is 8.19. The standard InChI is InChI=1S/C11H26NO5P/c1-3-16-18(15,17-4-2)11-5-6-12(7-9-13)8-10-14/h13-14H,3-11H2,1-2H3. The van der Waals surface area contributed by atoms with Crippen molar-refractivity contribution in [3.63, 3.8) is 0 Å². The highest BCUT2D eigenvalue weighted by Crippen LogP contribution is 2.48. The maximum absolute atomic E-state index is 12.1. The van der Waals surface area contributed by atoms with E-state index in [0.29, 0.717) is 45.4 Å². The van der Waals surface area contributed by atoms with Crippen LogP contribution in [0, 0.1) is 0 Å². The van der Waals surface area contributed by atoms with Gasteiger partial charge >= 0.3 is 7.60 Å². The van der Waals surface area contributed by atoms with E-state index in [4.69, 9.17) is 19.3 Å². The highest BCUT2D eigenvalue weighted by atomic mass is 31.2. The molecule has 0 aliphatic rings. The van der Waals surface area contributed by atoms with Crippen molar-refractivity contribution < 1.29 is 23.8 Å². The summed E-state index contributed by atoms with van der Waals surface area (Å²) in [5.41, 5.74) is 0. The highest BCUT2D eigenvalue weighted by molar-refractivity contribution is 7.53. The van der Waals surface area contributed by atoms with Gasteiger partial charge in [-0.2, -0.15) is 0 Å². The molecule has 0 saturated carbocycles. The Labute approximate surface area is 109 Å². The number of aliphatic hydroxyl groups excluding tert-OH is 2. The first kappa shape index (κ1) is 18.0. The molecule has 0 aliphatic heterocycles. The molecule has 6 nitrogen and oxygen atoms in total. The minimum absolute atomic E-state index is 0.0502. The van der Waals surface area contributed by atoms with Gasteiger partial charge in [-0.1, -0.05) is 0 Å². The van der Waals surface area contributed by atoms with E-state index in [1.807, 2.05) is 4.90 Å². The molecule has 0 bridgehead atoms. The molecule has 0 unspecified atom stereocenters. The van der Waals surface area contributed by atoms with Gasteiger partial charge in [0.25, 0.3) is 0 Å². The van der Waals surface area contributed by atoms with Crippen LogP contribution in [0.25, 0.3) is 0 Å². The molecule has 0 aromatic heterocycles. The van der Waals surface area contributed by atoms with Crippen LogP contribution in [0.2, 0.25) is 0 Å². The predicted molar refractivity (Wildman–Crippen MR) is 71.0 cm³/mol. The molecule has 0 atom stereocenters. The number of hydrogen-bond acceptors (Lipinski definition) is 6. The van der Waals surface area contributed by atoms with Crippen LogP contribution in [0.4, 0.5) is 0 Å². The Hall–Kier alpha value is 0.0300. The van der Waals surface area contributed by atoms with E-state index >= 15 is 0 Å². The van der Waals surface area contributed by atoms with Gasteiger partial charge in [-0.15, -0.1) is 0 Å². The molecule has 0 aromatic rings. The van der Waals surface area contributed by atoms with Crippen molar-refractivity contribution in [1.82, 2.24) is 4.90 Å². The summed E-state index contributed by atoms with van der Waals surface area (Å²) in [6, 6.07) is 0. The molecule has 7 heteroatoms. The minimum atomic E-state index is -2.97. The number of aliphatic hydroxyl groups is 2. The van der Waals surface area contributed by atoms with E-state index in [-0.39, 0.29) is 13.2 Å². The third-order valence-electron chi connectivity index (χ3n) is 2.39. The first-order chi connectivity index (χ1) is 8.61. The summed E-state index contributed by atoms with van der Waals surface area (Å²) in [6.45, 7) is 6.09. The molecule has 0 amide bonds. The number of nitrogens with zero attached hydrogens (tertiary/aromatic N) is 1. The summed E-state index contributed by atoms with van der Waals surface area (Å²) < 4.78 is 22.5. The second kappa shape index (κ2) is 10.9. The van der Waals surface area contributed by atoms with Crippen molar-refractivity contribution in [3.05, 3.63) is 0 Å². The third-order valence-corrected chi connectivity index (χ3v) is 4.56. The van der Waals surface area contributed by atoms with Gasteiger partial charge in [-0.25, -0.2) is 0 Å². The van der Waals surface area contributed by atoms with Crippen LogP contribution in [0.3, 0.4) is 0 Å². The maximum Gasteiger partial charge on any atom is 0.330 e. The van der Waals surface area contributed by atoms with Crippen LogP contribution >= 0.6 is 7.60 Å². The lowest BCUT2D eigenvalue weighted by Gasteiger charge is -2.22. The molecule has 18 heavy (non-hydrogen) atoms. The lowest BCUT2D eigenvalue weighted by molar-refractivity contribution is 0.160. The summed E-state index contributed by atoms with van der Waals surface area (Å²) in [7, 11) is -2.97. The maximum atomic E-state index is 12.1. The fourth-order valence-electron chi connectivity index (χ4n) is 1.67. The van der Waals surface area contributed by atoms with E-state index in [9.17, 15) is 4.57 Å². The molecule has 0 heterocycles. The molecule has 0 radical (unpaired) electrons. The van der Waals surface area contributed by atoms with Crippen LogP contribution in [0.15, 0.2) is 0 Å². The van der Waals surface area contributed by atoms with Crippen LogP contribution in [-0.4, -0.2) is 67.3 Å². The van der Waals surface area contributed by atoms with E-state index < -0.39 is 7.60 Å². The van der Waals surface area contributed by atoms with Gasteiger partial charge in [0.05, 0.1) is 32.6 Å². The second-order valence-corrected chi connectivity index (χ2v) is 6.00. The molecule has 0 spiro atoms. The van der Waals surface area contributed by atoms with Crippen LogP contribution in [-0.2, 0) is 13.6 Å². The molecule has 0 rings (SSSR count). The average molecular weight is 283 g/mol. The second-order valence-electron chi connectivity index (χ2n) is 3.81. The lowest BCUT2D eigenvalue weighted by atomic mass is 10.4. The zero-order valence-corrected chi connectivity index (χ0v) is 12.3. The van der Waals surface area contributed by atoms with E-state index in [2.05, 4.69) is 0 Å². The molecule has 110 valence electrons. The Kier molecular flexibility index (Phi) is 10.9. The Bertz CT molecular complexity index is 223. The van der Waals surface area contributed by atoms with Gasteiger partial charge in [0.2, 0.25) is 0 Å². The smallest absolute Gasteiger partial charge is 0.330 e. The Morgan fingerprint density at radius 3 is 1.89 bits per heavy atom. The molecule has 2 N–H and O–H groups in total. The predicted octanol–water partition coefficient (Wildman–Crippen LogP) is 0.929. The lowest BCUT2D eigenvalue weighted by Crippen LogP contribution is -2.31. The Balaban J connectivity index is 4.06. The fraction of sp³-hybridized carbons (Fsp3) is 1.00. The van der Waals surface area contributed by atoms with E-state index in [1.54, 1.807) is 13.8 Å². The van der Waals surface area contributed by atoms with Gasteiger partial charge in [-0.05, 0) is 26.8 Å². The average Bonchev–Trinajstić information content (AvgIpc) is 2.30. The number of rotatable bonds is 12. The molecule has 0 aromatic carbocycles. The van der Waals surface area contributed by atoms with Crippen molar-refractivity contribution in [2.45, 2.75) is 20.3 Å². The van der Waals surface area contributed by atoms with E-state index in [1.165, 1.54) is 0 Å². The van der Waals surface area contributed by atoms with Gasteiger partial charge in [0.15, 0.2) is 0 Å². The van der Waals surface area contributed by atoms with Crippen LogP contribution in [0.5, 0.6) is 0 Å². The summed E-state index contributed by atoms with van der Waals surface area (Å²) in [5.74, 6) is 0. The summed E-state index contributed by atoms with van der Waals surface area (Å²) in [4.78, 5) is 1.92. The molecular formula is C11H26NO5P. The van der Waals surface area contributed by atoms with Crippen molar-refractivity contribution in [2.75, 3.05) is 52.2 Å². The summed E-state index contributed by atoms with van der Waals surface area (Å²) in [5, 5.41) is 17.7. The quantitative estimate of drug-likeness (QED) is 0.519.